The fourth-order valence-corrected chi connectivity index (χ4v) is 2.26. The van der Waals surface area contributed by atoms with Crippen molar-refractivity contribution in [3.05, 3.63) is 29.8 Å². The Morgan fingerprint density at radius 1 is 1.41 bits per heavy atom. The molecule has 1 fully saturated rings. The number of carbonyl (C=O) groups excluding carboxylic acids is 1. The highest BCUT2D eigenvalue weighted by atomic mass is 16.1. The molecule has 0 aliphatic carbocycles. The van der Waals surface area contributed by atoms with Gasteiger partial charge in [0, 0.05) is 29.9 Å². The number of carbonyl (C=O) groups is 1. The van der Waals surface area contributed by atoms with E-state index in [1.54, 1.807) is 12.1 Å². The molecule has 1 amide bonds. The first-order valence-corrected chi connectivity index (χ1v) is 5.93. The van der Waals surface area contributed by atoms with Gasteiger partial charge in [-0.25, -0.2) is 0 Å². The average molecular weight is 233 g/mol. The monoisotopic (exact) mass is 233 g/mol. The van der Waals surface area contributed by atoms with Crippen molar-refractivity contribution < 1.29 is 4.79 Å². The molecule has 17 heavy (non-hydrogen) atoms. The number of nitrogens with one attached hydrogen (secondary N) is 1. The van der Waals surface area contributed by atoms with Crippen molar-refractivity contribution in [1.82, 2.24) is 4.90 Å². The molecule has 0 radical (unpaired) electrons. The van der Waals surface area contributed by atoms with Crippen molar-refractivity contribution in [2.75, 3.05) is 18.9 Å². The summed E-state index contributed by atoms with van der Waals surface area (Å²) in [7, 11) is 2.14. The predicted molar refractivity (Wildman–Crippen MR) is 69.1 cm³/mol. The van der Waals surface area contributed by atoms with Crippen LogP contribution in [0.25, 0.3) is 0 Å². The molecule has 2 rings (SSSR count). The van der Waals surface area contributed by atoms with Gasteiger partial charge in [0.05, 0.1) is 0 Å². The molecule has 3 N–H and O–H groups in total. The van der Waals surface area contributed by atoms with Crippen LogP contribution in [-0.2, 0) is 0 Å². The third-order valence-electron chi connectivity index (χ3n) is 3.43. The van der Waals surface area contributed by atoms with Crippen LogP contribution < -0.4 is 11.1 Å². The number of likely N-dealkylation sites (tertiary alicyclic amines) is 1. The first kappa shape index (κ1) is 11.9. The summed E-state index contributed by atoms with van der Waals surface area (Å²) < 4.78 is 0. The lowest BCUT2D eigenvalue weighted by Gasteiger charge is -2.14. The van der Waals surface area contributed by atoms with Crippen LogP contribution in [0, 0.1) is 0 Å². The zero-order chi connectivity index (χ0) is 12.4. The molecule has 1 aromatic rings. The van der Waals surface area contributed by atoms with Crippen LogP contribution >= 0.6 is 0 Å². The Balaban J connectivity index is 1.98. The van der Waals surface area contributed by atoms with E-state index < -0.39 is 0 Å². The first-order chi connectivity index (χ1) is 8.06. The molecule has 0 aromatic heterocycles. The number of hydrogen-bond donors (Lipinski definition) is 2. The molecule has 2 atom stereocenters. The van der Waals surface area contributed by atoms with E-state index in [2.05, 4.69) is 24.2 Å². The Morgan fingerprint density at radius 3 is 2.53 bits per heavy atom. The largest absolute Gasteiger partial charge is 0.381 e. The van der Waals surface area contributed by atoms with E-state index in [9.17, 15) is 4.79 Å². The lowest BCUT2D eigenvalue weighted by molar-refractivity contribution is 0.100. The number of rotatable bonds is 3. The number of primary amides is 1. The van der Waals surface area contributed by atoms with Crippen molar-refractivity contribution >= 4 is 11.6 Å². The second kappa shape index (κ2) is 4.75. The van der Waals surface area contributed by atoms with Gasteiger partial charge in [-0.1, -0.05) is 0 Å². The third-order valence-corrected chi connectivity index (χ3v) is 3.43. The standard InChI is InChI=1S/C13H19N3O/c1-9-7-12(8-16(9)2)15-11-5-3-10(4-6-11)13(14)17/h3-6,9,12,15H,7-8H2,1-2H3,(H2,14,17). The van der Waals surface area contributed by atoms with Gasteiger partial charge in [-0.15, -0.1) is 0 Å². The summed E-state index contributed by atoms with van der Waals surface area (Å²) in [6.45, 7) is 3.29. The number of amides is 1. The quantitative estimate of drug-likeness (QED) is 0.827. The molecule has 92 valence electrons. The molecule has 4 nitrogen and oxygen atoms in total. The number of nitrogens with two attached hydrogens (primary N) is 1. The molecule has 2 unspecified atom stereocenters. The Kier molecular flexibility index (Phi) is 3.33. The lowest BCUT2D eigenvalue weighted by atomic mass is 10.1. The maximum absolute atomic E-state index is 10.9. The van der Waals surface area contributed by atoms with Gasteiger partial charge < -0.3 is 16.0 Å². The van der Waals surface area contributed by atoms with Crippen LogP contribution in [0.5, 0.6) is 0 Å². The summed E-state index contributed by atoms with van der Waals surface area (Å²) in [6.07, 6.45) is 1.15. The van der Waals surface area contributed by atoms with Gasteiger partial charge in [0.15, 0.2) is 0 Å². The molecule has 1 heterocycles. The minimum atomic E-state index is -0.384. The van der Waals surface area contributed by atoms with Gasteiger partial charge in [-0.05, 0) is 44.7 Å². The SMILES string of the molecule is CC1CC(Nc2ccc(C(N)=O)cc2)CN1C. The highest BCUT2D eigenvalue weighted by Gasteiger charge is 2.25. The molecular formula is C13H19N3O. The zero-order valence-electron chi connectivity index (χ0n) is 10.3. The van der Waals surface area contributed by atoms with E-state index in [0.29, 0.717) is 17.6 Å². The highest BCUT2D eigenvalue weighted by Crippen LogP contribution is 2.19. The topological polar surface area (TPSA) is 58.4 Å². The van der Waals surface area contributed by atoms with E-state index in [0.717, 1.165) is 18.7 Å². The Hall–Kier alpha value is -1.55. The molecule has 1 aromatic carbocycles. The van der Waals surface area contributed by atoms with Gasteiger partial charge in [0.25, 0.3) is 0 Å². The minimum absolute atomic E-state index is 0.384. The second-order valence-electron chi connectivity index (χ2n) is 4.81. The molecule has 0 spiro atoms. The molecule has 4 heteroatoms. The van der Waals surface area contributed by atoms with Gasteiger partial charge in [0.2, 0.25) is 5.91 Å². The first-order valence-electron chi connectivity index (χ1n) is 5.93. The third kappa shape index (κ3) is 2.77. The lowest BCUT2D eigenvalue weighted by Crippen LogP contribution is -2.24. The summed E-state index contributed by atoms with van der Waals surface area (Å²) in [5.41, 5.74) is 6.79. The summed E-state index contributed by atoms with van der Waals surface area (Å²) >= 11 is 0. The average Bonchev–Trinajstić information content (AvgIpc) is 2.58. The van der Waals surface area contributed by atoms with Crippen LogP contribution in [0.2, 0.25) is 0 Å². The van der Waals surface area contributed by atoms with Gasteiger partial charge in [-0.2, -0.15) is 0 Å². The number of anilines is 1. The zero-order valence-corrected chi connectivity index (χ0v) is 10.3. The van der Waals surface area contributed by atoms with Gasteiger partial charge >= 0.3 is 0 Å². The van der Waals surface area contributed by atoms with Crippen molar-refractivity contribution in [2.24, 2.45) is 5.73 Å². The van der Waals surface area contributed by atoms with Crippen molar-refractivity contribution in [2.45, 2.75) is 25.4 Å². The van der Waals surface area contributed by atoms with Crippen molar-refractivity contribution in [3.63, 3.8) is 0 Å². The van der Waals surface area contributed by atoms with Gasteiger partial charge in [0.1, 0.15) is 0 Å². The van der Waals surface area contributed by atoms with Crippen LogP contribution in [0.15, 0.2) is 24.3 Å². The molecule has 1 aliphatic rings. The fourth-order valence-electron chi connectivity index (χ4n) is 2.26. The molecule has 1 aliphatic heterocycles. The van der Waals surface area contributed by atoms with E-state index in [1.807, 2.05) is 12.1 Å². The van der Waals surface area contributed by atoms with E-state index in [1.165, 1.54) is 0 Å². The van der Waals surface area contributed by atoms with E-state index >= 15 is 0 Å². The van der Waals surface area contributed by atoms with E-state index in [-0.39, 0.29) is 5.91 Å². The number of hydrogen-bond acceptors (Lipinski definition) is 3. The Morgan fingerprint density at radius 2 is 2.06 bits per heavy atom. The summed E-state index contributed by atoms with van der Waals surface area (Å²) in [5, 5.41) is 3.47. The maximum Gasteiger partial charge on any atom is 0.248 e. The number of benzene rings is 1. The molecule has 0 saturated carbocycles. The van der Waals surface area contributed by atoms with Crippen molar-refractivity contribution in [1.29, 1.82) is 0 Å². The number of nitrogens with zero attached hydrogens (tertiary/aromatic N) is 1. The number of likely N-dealkylation sites (N-methyl/N-ethyl adjacent to an activating group) is 1. The highest BCUT2D eigenvalue weighted by molar-refractivity contribution is 5.93. The van der Waals surface area contributed by atoms with Crippen LogP contribution in [0.3, 0.4) is 0 Å². The van der Waals surface area contributed by atoms with Crippen LogP contribution in [0.1, 0.15) is 23.7 Å². The Bertz CT molecular complexity index is 392. The minimum Gasteiger partial charge on any atom is -0.381 e. The smallest absolute Gasteiger partial charge is 0.248 e. The van der Waals surface area contributed by atoms with Crippen molar-refractivity contribution in [3.8, 4) is 0 Å². The molecule has 1 saturated heterocycles. The summed E-state index contributed by atoms with van der Waals surface area (Å²) in [4.78, 5) is 13.3. The fraction of sp³-hybridized carbons (Fsp3) is 0.462. The second-order valence-corrected chi connectivity index (χ2v) is 4.81. The maximum atomic E-state index is 10.9. The molecular weight excluding hydrogens is 214 g/mol. The van der Waals surface area contributed by atoms with Crippen LogP contribution in [-0.4, -0.2) is 36.5 Å². The Labute approximate surface area is 102 Å². The molecule has 0 bridgehead atoms. The normalized spacial score (nSPS) is 24.8. The summed E-state index contributed by atoms with van der Waals surface area (Å²) in [6, 6.07) is 8.43. The summed E-state index contributed by atoms with van der Waals surface area (Å²) in [5.74, 6) is -0.384. The van der Waals surface area contributed by atoms with Gasteiger partial charge in [-0.3, -0.25) is 4.79 Å². The van der Waals surface area contributed by atoms with E-state index in [4.69, 9.17) is 5.73 Å². The predicted octanol–water partition coefficient (Wildman–Crippen LogP) is 1.29. The van der Waals surface area contributed by atoms with Crippen LogP contribution in [0.4, 0.5) is 5.69 Å².